The minimum absolute atomic E-state index is 0.0649. The van der Waals surface area contributed by atoms with Crippen molar-refractivity contribution in [2.75, 3.05) is 18.5 Å². The number of alkyl halides is 3. The first-order valence-electron chi connectivity index (χ1n) is 6.20. The van der Waals surface area contributed by atoms with Crippen LogP contribution in [0.4, 0.5) is 18.9 Å². The maximum Gasteiger partial charge on any atom is 0.418 e. The van der Waals surface area contributed by atoms with Gasteiger partial charge in [0, 0.05) is 6.54 Å². The smallest absolute Gasteiger partial charge is 0.309 e. The minimum atomic E-state index is -4.55. The molecule has 0 bridgehead atoms. The molecule has 1 N–H and O–H groups in total. The number of carbonyl (C=O) groups is 1. The van der Waals surface area contributed by atoms with Crippen molar-refractivity contribution in [1.82, 2.24) is 5.32 Å². The molecule has 0 radical (unpaired) electrons. The molecule has 0 aliphatic carbocycles. The van der Waals surface area contributed by atoms with E-state index in [2.05, 4.69) is 5.32 Å². The molecule has 1 heterocycles. The van der Waals surface area contributed by atoms with Crippen molar-refractivity contribution < 1.29 is 18.0 Å². The summed E-state index contributed by atoms with van der Waals surface area (Å²) in [7, 11) is 1.61. The van der Waals surface area contributed by atoms with Crippen molar-refractivity contribution in [2.45, 2.75) is 25.1 Å². The number of nitrogens with one attached hydrogen (secondary N) is 1. The third kappa shape index (κ3) is 2.76. The third-order valence-corrected chi connectivity index (χ3v) is 3.65. The normalized spacial score (nSPS) is 20.4. The van der Waals surface area contributed by atoms with Gasteiger partial charge in [0.25, 0.3) is 0 Å². The van der Waals surface area contributed by atoms with Gasteiger partial charge in [-0.05, 0) is 32.0 Å². The number of hydrogen-bond acceptors (Lipinski definition) is 2. The molecule has 7 heteroatoms. The first-order chi connectivity index (χ1) is 9.36. The van der Waals surface area contributed by atoms with Crippen LogP contribution in [0.5, 0.6) is 0 Å². The fourth-order valence-corrected chi connectivity index (χ4v) is 2.66. The van der Waals surface area contributed by atoms with Crippen molar-refractivity contribution in [2.24, 2.45) is 0 Å². The zero-order valence-electron chi connectivity index (χ0n) is 10.8. The Kier molecular flexibility index (Phi) is 4.25. The van der Waals surface area contributed by atoms with Crippen LogP contribution in [-0.4, -0.2) is 25.5 Å². The monoisotopic (exact) mass is 306 g/mol. The molecule has 20 heavy (non-hydrogen) atoms. The number of carbonyl (C=O) groups excluding carboxylic acids is 1. The van der Waals surface area contributed by atoms with Crippen molar-refractivity contribution in [3.63, 3.8) is 0 Å². The fraction of sp³-hybridized carbons (Fsp3) is 0.462. The summed E-state index contributed by atoms with van der Waals surface area (Å²) in [6.45, 7) is 0.240. The number of likely N-dealkylation sites (N-methyl/N-ethyl adjacent to an activating group) is 1. The number of piperidine rings is 1. The van der Waals surface area contributed by atoms with Crippen LogP contribution in [0, 0.1) is 0 Å². The van der Waals surface area contributed by atoms with Gasteiger partial charge in [0.1, 0.15) is 0 Å². The summed E-state index contributed by atoms with van der Waals surface area (Å²) in [5.74, 6) is -0.377. The molecule has 0 aromatic heterocycles. The zero-order chi connectivity index (χ0) is 14.9. The Hall–Kier alpha value is -1.27. The highest BCUT2D eigenvalue weighted by molar-refractivity contribution is 6.34. The standard InChI is InChI=1S/C13H14ClF3N2O/c1-18-10-6-3-7-19(12(10)20)11-8(13(15,16)17)4-2-5-9(11)14/h2,4-5,10,18H,3,6-7H2,1H3. The van der Waals surface area contributed by atoms with Crippen LogP contribution >= 0.6 is 11.6 Å². The summed E-state index contributed by atoms with van der Waals surface area (Å²) < 4.78 is 39.2. The molecular formula is C13H14ClF3N2O. The molecule has 3 nitrogen and oxygen atoms in total. The third-order valence-electron chi connectivity index (χ3n) is 3.35. The summed E-state index contributed by atoms with van der Waals surface area (Å²) in [5, 5.41) is 2.75. The molecule has 0 saturated carbocycles. The van der Waals surface area contributed by atoms with Gasteiger partial charge in [-0.15, -0.1) is 0 Å². The quantitative estimate of drug-likeness (QED) is 0.911. The number of halogens is 4. The van der Waals surface area contributed by atoms with Gasteiger partial charge in [-0.1, -0.05) is 17.7 Å². The summed E-state index contributed by atoms with van der Waals surface area (Å²) >= 11 is 5.91. The lowest BCUT2D eigenvalue weighted by molar-refractivity contribution is -0.137. The van der Waals surface area contributed by atoms with E-state index in [-0.39, 0.29) is 23.2 Å². The molecule has 1 saturated heterocycles. The lowest BCUT2D eigenvalue weighted by Crippen LogP contribution is -2.50. The number of hydrogen-bond donors (Lipinski definition) is 1. The van der Waals surface area contributed by atoms with E-state index < -0.39 is 17.8 Å². The van der Waals surface area contributed by atoms with Crippen LogP contribution in [-0.2, 0) is 11.0 Å². The second-order valence-corrected chi connectivity index (χ2v) is 5.01. The summed E-state index contributed by atoms with van der Waals surface area (Å²) in [5.41, 5.74) is -1.12. The van der Waals surface area contributed by atoms with Crippen LogP contribution in [0.2, 0.25) is 5.02 Å². The number of benzene rings is 1. The van der Waals surface area contributed by atoms with E-state index in [4.69, 9.17) is 11.6 Å². The molecule has 1 aromatic carbocycles. The largest absolute Gasteiger partial charge is 0.418 e. The van der Waals surface area contributed by atoms with Gasteiger partial charge in [0.05, 0.1) is 22.3 Å². The van der Waals surface area contributed by atoms with Crippen molar-refractivity contribution in [3.8, 4) is 0 Å². The zero-order valence-corrected chi connectivity index (χ0v) is 11.6. The predicted molar refractivity (Wildman–Crippen MR) is 70.9 cm³/mol. The Morgan fingerprint density at radius 1 is 1.40 bits per heavy atom. The molecule has 1 unspecified atom stereocenters. The van der Waals surface area contributed by atoms with E-state index in [0.717, 1.165) is 11.0 Å². The highest BCUT2D eigenvalue weighted by atomic mass is 35.5. The summed E-state index contributed by atoms with van der Waals surface area (Å²) in [6.07, 6.45) is -3.31. The average Bonchev–Trinajstić information content (AvgIpc) is 2.38. The van der Waals surface area contributed by atoms with Gasteiger partial charge in [0.2, 0.25) is 5.91 Å². The number of nitrogens with zero attached hydrogens (tertiary/aromatic N) is 1. The molecule has 1 aliphatic rings. The average molecular weight is 307 g/mol. The molecule has 1 aliphatic heterocycles. The Labute approximate surface area is 119 Å². The second kappa shape index (κ2) is 5.61. The Balaban J connectivity index is 2.49. The van der Waals surface area contributed by atoms with Gasteiger partial charge >= 0.3 is 6.18 Å². The molecular weight excluding hydrogens is 293 g/mol. The van der Waals surface area contributed by atoms with Crippen molar-refractivity contribution in [3.05, 3.63) is 28.8 Å². The van der Waals surface area contributed by atoms with Gasteiger partial charge in [-0.3, -0.25) is 4.79 Å². The van der Waals surface area contributed by atoms with E-state index in [1.807, 2.05) is 0 Å². The highest BCUT2D eigenvalue weighted by Gasteiger charge is 2.39. The molecule has 1 fully saturated rings. The Morgan fingerprint density at radius 2 is 2.10 bits per heavy atom. The number of rotatable bonds is 2. The predicted octanol–water partition coefficient (Wildman–Crippen LogP) is 3.07. The van der Waals surface area contributed by atoms with Crippen LogP contribution in [0.15, 0.2) is 18.2 Å². The molecule has 1 aromatic rings. The Morgan fingerprint density at radius 3 is 2.70 bits per heavy atom. The SMILES string of the molecule is CNC1CCCN(c2c(Cl)cccc2C(F)(F)F)C1=O. The Bertz CT molecular complexity index is 519. The van der Waals surface area contributed by atoms with Gasteiger partial charge in [-0.25, -0.2) is 0 Å². The number of anilines is 1. The first-order valence-corrected chi connectivity index (χ1v) is 6.58. The maximum atomic E-state index is 13.1. The lowest BCUT2D eigenvalue weighted by Gasteiger charge is -2.34. The van der Waals surface area contributed by atoms with E-state index in [9.17, 15) is 18.0 Å². The van der Waals surface area contributed by atoms with Crippen LogP contribution in [0.1, 0.15) is 18.4 Å². The van der Waals surface area contributed by atoms with Crippen molar-refractivity contribution in [1.29, 1.82) is 0 Å². The van der Waals surface area contributed by atoms with Gasteiger partial charge in [-0.2, -0.15) is 13.2 Å². The topological polar surface area (TPSA) is 32.3 Å². The summed E-state index contributed by atoms with van der Waals surface area (Å²) in [6, 6.07) is 3.07. The van der Waals surface area contributed by atoms with Crippen LogP contribution < -0.4 is 10.2 Å². The minimum Gasteiger partial charge on any atom is -0.309 e. The number of para-hydroxylation sites is 1. The number of amides is 1. The molecule has 2 rings (SSSR count). The van der Waals surface area contributed by atoms with Crippen LogP contribution in [0.25, 0.3) is 0 Å². The van der Waals surface area contributed by atoms with Crippen molar-refractivity contribution >= 4 is 23.2 Å². The second-order valence-electron chi connectivity index (χ2n) is 4.61. The lowest BCUT2D eigenvalue weighted by atomic mass is 10.0. The first kappa shape index (κ1) is 15.1. The maximum absolute atomic E-state index is 13.1. The van der Waals surface area contributed by atoms with E-state index in [1.165, 1.54) is 12.1 Å². The molecule has 0 spiro atoms. The van der Waals surface area contributed by atoms with Crippen LogP contribution in [0.3, 0.4) is 0 Å². The van der Waals surface area contributed by atoms with E-state index in [0.29, 0.717) is 12.8 Å². The van der Waals surface area contributed by atoms with E-state index >= 15 is 0 Å². The molecule has 110 valence electrons. The fourth-order valence-electron chi connectivity index (χ4n) is 2.38. The van der Waals surface area contributed by atoms with E-state index in [1.54, 1.807) is 7.05 Å². The molecule has 1 amide bonds. The van der Waals surface area contributed by atoms with Gasteiger partial charge < -0.3 is 10.2 Å². The highest BCUT2D eigenvalue weighted by Crippen LogP contribution is 2.41. The summed E-state index contributed by atoms with van der Waals surface area (Å²) in [4.78, 5) is 13.4. The molecule has 1 atom stereocenters. The van der Waals surface area contributed by atoms with Gasteiger partial charge in [0.15, 0.2) is 0 Å².